The average Bonchev–Trinajstić information content (AvgIpc) is 3.34. The first kappa shape index (κ1) is 26.3. The zero-order valence-corrected chi connectivity index (χ0v) is 21.1. The fourth-order valence-corrected chi connectivity index (χ4v) is 5.07. The van der Waals surface area contributed by atoms with Crippen LogP contribution in [0, 0.1) is 5.92 Å². The van der Waals surface area contributed by atoms with E-state index in [0.717, 1.165) is 31.2 Å². The molecule has 0 amide bonds. The standard InChI is InChI=1S/C28H34F3NO4/c1-18(2)36-26-13-23(10-9-21(26)14-32-15-22(16-32)27(33)34-3)35-17-19-8-11-24(20-6-4-5-7-20)25(12-19)28(29,30)31/h8-13,18,20,22H,4-7,14-17H2,1-3H3. The zero-order chi connectivity index (χ0) is 25.9. The summed E-state index contributed by atoms with van der Waals surface area (Å²) < 4.78 is 58.1. The molecular formula is C28H34F3NO4. The maximum Gasteiger partial charge on any atom is 0.416 e. The number of hydrogen-bond acceptors (Lipinski definition) is 5. The highest BCUT2D eigenvalue weighted by molar-refractivity contribution is 5.73. The predicted molar refractivity (Wildman–Crippen MR) is 130 cm³/mol. The molecule has 2 aromatic rings. The van der Waals surface area contributed by atoms with Crippen LogP contribution in [0.25, 0.3) is 0 Å². The van der Waals surface area contributed by atoms with E-state index in [0.29, 0.717) is 42.3 Å². The van der Waals surface area contributed by atoms with Crippen LogP contribution in [-0.4, -0.2) is 37.2 Å². The van der Waals surface area contributed by atoms with Gasteiger partial charge in [0.25, 0.3) is 0 Å². The summed E-state index contributed by atoms with van der Waals surface area (Å²) in [6.45, 7) is 5.77. The molecule has 5 nitrogen and oxygen atoms in total. The minimum Gasteiger partial charge on any atom is -0.491 e. The number of carbonyl (C=O) groups excluding carboxylic acids is 1. The SMILES string of the molecule is COC(=O)C1CN(Cc2ccc(OCc3ccc(C4CCCC4)c(C(F)(F)F)c3)cc2OC(C)C)C1. The highest BCUT2D eigenvalue weighted by atomic mass is 19.4. The number of esters is 1. The smallest absolute Gasteiger partial charge is 0.416 e. The number of alkyl halides is 3. The lowest BCUT2D eigenvalue weighted by molar-refractivity contribution is -0.151. The summed E-state index contributed by atoms with van der Waals surface area (Å²) in [7, 11) is 1.40. The van der Waals surface area contributed by atoms with Gasteiger partial charge in [-0.25, -0.2) is 0 Å². The number of benzene rings is 2. The van der Waals surface area contributed by atoms with Crippen molar-refractivity contribution in [2.24, 2.45) is 5.92 Å². The highest BCUT2D eigenvalue weighted by Crippen LogP contribution is 2.42. The Balaban J connectivity index is 1.45. The Hall–Kier alpha value is -2.74. The zero-order valence-electron chi connectivity index (χ0n) is 21.1. The fraction of sp³-hybridized carbons (Fsp3) is 0.536. The molecule has 2 aliphatic rings. The minimum atomic E-state index is -4.39. The second kappa shape index (κ2) is 11.1. The molecule has 1 aliphatic heterocycles. The van der Waals surface area contributed by atoms with Gasteiger partial charge in [-0.1, -0.05) is 31.0 Å². The summed E-state index contributed by atoms with van der Waals surface area (Å²) in [5, 5.41) is 0. The van der Waals surface area contributed by atoms with Crippen LogP contribution in [0.4, 0.5) is 13.2 Å². The van der Waals surface area contributed by atoms with E-state index in [2.05, 4.69) is 4.90 Å². The number of nitrogens with zero attached hydrogens (tertiary/aromatic N) is 1. The Bertz CT molecular complexity index is 1060. The normalized spacial score (nSPS) is 17.3. The molecule has 0 atom stereocenters. The van der Waals surface area contributed by atoms with E-state index in [1.54, 1.807) is 24.3 Å². The molecule has 36 heavy (non-hydrogen) atoms. The number of methoxy groups -OCH3 is 1. The number of rotatable bonds is 9. The Morgan fingerprint density at radius 3 is 2.44 bits per heavy atom. The van der Waals surface area contributed by atoms with Crippen molar-refractivity contribution in [3.63, 3.8) is 0 Å². The van der Waals surface area contributed by atoms with E-state index in [9.17, 15) is 18.0 Å². The van der Waals surface area contributed by atoms with Crippen molar-refractivity contribution in [1.29, 1.82) is 0 Å². The summed E-state index contributed by atoms with van der Waals surface area (Å²) in [5.41, 5.74) is 1.30. The molecular weight excluding hydrogens is 471 g/mol. The van der Waals surface area contributed by atoms with E-state index in [-0.39, 0.29) is 30.5 Å². The molecule has 2 fully saturated rings. The van der Waals surface area contributed by atoms with Crippen LogP contribution in [-0.2, 0) is 28.9 Å². The number of likely N-dealkylation sites (tertiary alicyclic amines) is 1. The van der Waals surface area contributed by atoms with Crippen LogP contribution in [0.5, 0.6) is 11.5 Å². The van der Waals surface area contributed by atoms with Crippen molar-refractivity contribution in [3.05, 3.63) is 58.7 Å². The largest absolute Gasteiger partial charge is 0.491 e. The Kier molecular flexibility index (Phi) is 8.13. The van der Waals surface area contributed by atoms with Gasteiger partial charge in [0.05, 0.1) is 24.7 Å². The number of carbonyl (C=O) groups is 1. The summed E-state index contributed by atoms with van der Waals surface area (Å²) in [5.74, 6) is 0.872. The van der Waals surface area contributed by atoms with Crippen molar-refractivity contribution in [1.82, 2.24) is 4.90 Å². The van der Waals surface area contributed by atoms with Crippen molar-refractivity contribution in [2.45, 2.75) is 70.9 Å². The lowest BCUT2D eigenvalue weighted by Crippen LogP contribution is -2.50. The van der Waals surface area contributed by atoms with Gasteiger partial charge in [0.1, 0.15) is 18.1 Å². The number of hydrogen-bond donors (Lipinski definition) is 0. The van der Waals surface area contributed by atoms with Gasteiger partial charge in [-0.2, -0.15) is 13.2 Å². The Morgan fingerprint density at radius 2 is 1.81 bits per heavy atom. The van der Waals surface area contributed by atoms with E-state index in [1.807, 2.05) is 19.9 Å². The van der Waals surface area contributed by atoms with Gasteiger partial charge >= 0.3 is 12.1 Å². The second-order valence-corrected chi connectivity index (χ2v) is 10.0. The third kappa shape index (κ3) is 6.33. The third-order valence-corrected chi connectivity index (χ3v) is 6.91. The molecule has 0 unspecified atom stereocenters. The van der Waals surface area contributed by atoms with Crippen LogP contribution < -0.4 is 9.47 Å². The van der Waals surface area contributed by atoms with Gasteiger partial charge in [-0.3, -0.25) is 9.69 Å². The first-order valence-corrected chi connectivity index (χ1v) is 12.6. The van der Waals surface area contributed by atoms with Gasteiger partial charge in [0, 0.05) is 31.3 Å². The molecule has 2 aromatic carbocycles. The lowest BCUT2D eigenvalue weighted by atomic mass is 9.91. The maximum atomic E-state index is 13.8. The first-order chi connectivity index (χ1) is 17.1. The summed E-state index contributed by atoms with van der Waals surface area (Å²) in [6, 6.07) is 10.1. The van der Waals surface area contributed by atoms with Crippen LogP contribution in [0.3, 0.4) is 0 Å². The van der Waals surface area contributed by atoms with Gasteiger partial charge in [0.15, 0.2) is 0 Å². The van der Waals surface area contributed by atoms with Gasteiger partial charge in [-0.05, 0) is 55.9 Å². The Labute approximate surface area is 210 Å². The quantitative estimate of drug-likeness (QED) is 0.373. The van der Waals surface area contributed by atoms with Crippen LogP contribution >= 0.6 is 0 Å². The third-order valence-electron chi connectivity index (χ3n) is 6.91. The van der Waals surface area contributed by atoms with Gasteiger partial charge < -0.3 is 14.2 Å². The molecule has 1 aliphatic carbocycles. The van der Waals surface area contributed by atoms with E-state index >= 15 is 0 Å². The molecule has 0 aromatic heterocycles. The fourth-order valence-electron chi connectivity index (χ4n) is 5.07. The van der Waals surface area contributed by atoms with Crippen LogP contribution in [0.2, 0.25) is 0 Å². The maximum absolute atomic E-state index is 13.8. The van der Waals surface area contributed by atoms with Gasteiger partial charge in [-0.15, -0.1) is 0 Å². The van der Waals surface area contributed by atoms with Crippen LogP contribution in [0.15, 0.2) is 36.4 Å². The Morgan fingerprint density at radius 1 is 1.08 bits per heavy atom. The first-order valence-electron chi connectivity index (χ1n) is 12.6. The van der Waals surface area contributed by atoms with Gasteiger partial charge in [0.2, 0.25) is 0 Å². The average molecular weight is 506 g/mol. The molecule has 1 heterocycles. The molecule has 1 saturated heterocycles. The van der Waals surface area contributed by atoms with E-state index in [4.69, 9.17) is 14.2 Å². The predicted octanol–water partition coefficient (Wildman–Crippen LogP) is 6.33. The molecule has 8 heteroatoms. The summed E-state index contributed by atoms with van der Waals surface area (Å²) >= 11 is 0. The van der Waals surface area contributed by atoms with Crippen molar-refractivity contribution < 1.29 is 32.2 Å². The summed E-state index contributed by atoms with van der Waals surface area (Å²) in [6.07, 6.45) is -0.872. The molecule has 0 bridgehead atoms. The molecule has 196 valence electrons. The van der Waals surface area contributed by atoms with Crippen LogP contribution in [0.1, 0.15) is 67.7 Å². The highest BCUT2D eigenvalue weighted by Gasteiger charge is 2.36. The van der Waals surface area contributed by atoms with Crippen molar-refractivity contribution >= 4 is 5.97 Å². The van der Waals surface area contributed by atoms with E-state index < -0.39 is 11.7 Å². The summed E-state index contributed by atoms with van der Waals surface area (Å²) in [4.78, 5) is 13.8. The van der Waals surface area contributed by atoms with E-state index in [1.165, 1.54) is 13.2 Å². The molecule has 1 saturated carbocycles. The monoisotopic (exact) mass is 505 g/mol. The molecule has 0 N–H and O–H groups in total. The van der Waals surface area contributed by atoms with Crippen molar-refractivity contribution in [3.8, 4) is 11.5 Å². The molecule has 0 spiro atoms. The topological polar surface area (TPSA) is 48.0 Å². The number of ether oxygens (including phenoxy) is 3. The minimum absolute atomic E-state index is 0.0193. The number of halogens is 3. The second-order valence-electron chi connectivity index (χ2n) is 10.0. The lowest BCUT2D eigenvalue weighted by Gasteiger charge is -2.37. The van der Waals surface area contributed by atoms with Crippen molar-refractivity contribution in [2.75, 3.05) is 20.2 Å². The molecule has 4 rings (SSSR count). The molecule has 0 radical (unpaired) electrons.